The molecule has 1 aliphatic heterocycles. The van der Waals surface area contributed by atoms with Gasteiger partial charge in [0.15, 0.2) is 0 Å². The lowest BCUT2D eigenvalue weighted by Crippen LogP contribution is -2.58. The Balaban J connectivity index is 1.63. The highest BCUT2D eigenvalue weighted by molar-refractivity contribution is 6.31. The number of aryl methyl sites for hydroxylation is 1. The van der Waals surface area contributed by atoms with Crippen molar-refractivity contribution in [2.75, 3.05) is 26.7 Å². The van der Waals surface area contributed by atoms with Crippen molar-refractivity contribution in [2.24, 2.45) is 0 Å². The van der Waals surface area contributed by atoms with E-state index in [1.165, 1.54) is 0 Å². The highest BCUT2D eigenvalue weighted by Crippen LogP contribution is 2.25. The van der Waals surface area contributed by atoms with Crippen molar-refractivity contribution in [3.63, 3.8) is 0 Å². The van der Waals surface area contributed by atoms with Crippen LogP contribution in [0.4, 0.5) is 4.79 Å². The molecule has 1 saturated heterocycles. The van der Waals surface area contributed by atoms with Crippen LogP contribution in [0, 0.1) is 6.92 Å². The molecule has 2 aromatic rings. The number of carbonyl (C=O) groups is 2. The molecule has 1 aliphatic rings. The molecule has 3 amide bonds. The number of aromatic nitrogens is 1. The molecule has 2 N–H and O–H groups in total. The molecular weight excluding hydrogens is 340 g/mol. The lowest BCUT2D eigenvalue weighted by molar-refractivity contribution is -0.137. The number of urea groups is 1. The van der Waals surface area contributed by atoms with E-state index in [0.717, 1.165) is 22.2 Å². The molecule has 6 nitrogen and oxygen atoms in total. The highest BCUT2D eigenvalue weighted by Gasteiger charge is 2.32. The third-order valence-electron chi connectivity index (χ3n) is 4.87. The summed E-state index contributed by atoms with van der Waals surface area (Å²) in [4.78, 5) is 31.0. The topological polar surface area (TPSA) is 68.4 Å². The number of fused-ring (bicyclic) bond motifs is 1. The van der Waals surface area contributed by atoms with Gasteiger partial charge in [-0.05, 0) is 44.0 Å². The predicted molar refractivity (Wildman–Crippen MR) is 99.0 cm³/mol. The number of carbonyl (C=O) groups excluding carboxylic acids is 2. The normalized spacial score (nSPS) is 18.1. The molecule has 0 bridgehead atoms. The first-order valence-electron chi connectivity index (χ1n) is 8.44. The van der Waals surface area contributed by atoms with E-state index in [1.54, 1.807) is 23.8 Å². The molecule has 1 atom stereocenters. The number of H-pyrrole nitrogens is 1. The minimum atomic E-state index is -0.424. The maximum absolute atomic E-state index is 12.4. The maximum Gasteiger partial charge on any atom is 0.318 e. The minimum absolute atomic E-state index is 0.0245. The summed E-state index contributed by atoms with van der Waals surface area (Å²) in [5.41, 5.74) is 3.27. The number of hydrogen-bond acceptors (Lipinski definition) is 2. The van der Waals surface area contributed by atoms with Crippen LogP contribution in [-0.2, 0) is 11.2 Å². The molecule has 1 aromatic heterocycles. The van der Waals surface area contributed by atoms with Crippen molar-refractivity contribution in [1.29, 1.82) is 0 Å². The van der Waals surface area contributed by atoms with Gasteiger partial charge in [-0.3, -0.25) is 4.79 Å². The van der Waals surface area contributed by atoms with Gasteiger partial charge in [0.1, 0.15) is 6.04 Å². The van der Waals surface area contributed by atoms with Gasteiger partial charge in [-0.1, -0.05) is 11.6 Å². The fourth-order valence-electron chi connectivity index (χ4n) is 3.36. The van der Waals surface area contributed by atoms with Crippen LogP contribution in [0.15, 0.2) is 18.2 Å². The van der Waals surface area contributed by atoms with E-state index in [1.807, 2.05) is 25.1 Å². The van der Waals surface area contributed by atoms with E-state index in [0.29, 0.717) is 31.1 Å². The zero-order chi connectivity index (χ0) is 18.1. The summed E-state index contributed by atoms with van der Waals surface area (Å²) < 4.78 is 0. The zero-order valence-corrected chi connectivity index (χ0v) is 15.5. The Morgan fingerprint density at radius 3 is 2.92 bits per heavy atom. The quantitative estimate of drug-likeness (QED) is 0.881. The number of nitrogens with one attached hydrogen (secondary N) is 2. The molecule has 1 aromatic carbocycles. The van der Waals surface area contributed by atoms with Gasteiger partial charge in [0.2, 0.25) is 5.91 Å². The fraction of sp³-hybridized carbons (Fsp3) is 0.444. The van der Waals surface area contributed by atoms with Gasteiger partial charge in [0, 0.05) is 48.3 Å². The van der Waals surface area contributed by atoms with Gasteiger partial charge in [-0.2, -0.15) is 0 Å². The largest absolute Gasteiger partial charge is 0.358 e. The molecular formula is C18H23ClN4O2. The van der Waals surface area contributed by atoms with Crippen LogP contribution in [0.5, 0.6) is 0 Å². The van der Waals surface area contributed by atoms with Gasteiger partial charge < -0.3 is 20.1 Å². The summed E-state index contributed by atoms with van der Waals surface area (Å²) in [6.07, 6.45) is 0.702. The third-order valence-corrected chi connectivity index (χ3v) is 5.11. The zero-order valence-electron chi connectivity index (χ0n) is 14.7. The van der Waals surface area contributed by atoms with E-state index in [2.05, 4.69) is 10.3 Å². The second-order valence-corrected chi connectivity index (χ2v) is 6.97. The van der Waals surface area contributed by atoms with E-state index >= 15 is 0 Å². The van der Waals surface area contributed by atoms with Crippen molar-refractivity contribution in [3.05, 3.63) is 34.5 Å². The Kier molecular flexibility index (Phi) is 4.90. The van der Waals surface area contributed by atoms with Crippen LogP contribution in [0.2, 0.25) is 5.02 Å². The summed E-state index contributed by atoms with van der Waals surface area (Å²) in [5.74, 6) is -0.0245. The maximum atomic E-state index is 12.4. The molecule has 0 unspecified atom stereocenters. The molecule has 0 spiro atoms. The predicted octanol–water partition coefficient (Wildman–Crippen LogP) is 2.54. The van der Waals surface area contributed by atoms with E-state index in [4.69, 9.17) is 11.6 Å². The number of piperazine rings is 1. The summed E-state index contributed by atoms with van der Waals surface area (Å²) in [7, 11) is 1.76. The van der Waals surface area contributed by atoms with Crippen molar-refractivity contribution in [3.8, 4) is 0 Å². The summed E-state index contributed by atoms with van der Waals surface area (Å²) in [5, 5.41) is 4.71. The molecule has 0 aliphatic carbocycles. The van der Waals surface area contributed by atoms with Crippen molar-refractivity contribution < 1.29 is 9.59 Å². The van der Waals surface area contributed by atoms with Crippen LogP contribution >= 0.6 is 11.6 Å². The second-order valence-electron chi connectivity index (χ2n) is 6.53. The first-order valence-corrected chi connectivity index (χ1v) is 8.82. The van der Waals surface area contributed by atoms with Crippen LogP contribution in [-0.4, -0.2) is 59.4 Å². The summed E-state index contributed by atoms with van der Waals surface area (Å²) >= 11 is 6.10. The van der Waals surface area contributed by atoms with Gasteiger partial charge >= 0.3 is 6.03 Å². The van der Waals surface area contributed by atoms with E-state index < -0.39 is 6.04 Å². The van der Waals surface area contributed by atoms with Gasteiger partial charge in [0.25, 0.3) is 0 Å². The van der Waals surface area contributed by atoms with E-state index in [-0.39, 0.29) is 11.9 Å². The summed E-state index contributed by atoms with van der Waals surface area (Å²) in [6, 6.07) is 5.15. The molecule has 1 fully saturated rings. The second kappa shape index (κ2) is 6.96. The van der Waals surface area contributed by atoms with Gasteiger partial charge in [-0.15, -0.1) is 0 Å². The molecule has 2 heterocycles. The smallest absolute Gasteiger partial charge is 0.318 e. The highest BCUT2D eigenvalue weighted by atomic mass is 35.5. The van der Waals surface area contributed by atoms with E-state index in [9.17, 15) is 9.59 Å². The van der Waals surface area contributed by atoms with Crippen molar-refractivity contribution in [2.45, 2.75) is 26.3 Å². The molecule has 7 heteroatoms. The lowest BCUT2D eigenvalue weighted by Gasteiger charge is -2.37. The van der Waals surface area contributed by atoms with Gasteiger partial charge in [-0.25, -0.2) is 4.79 Å². The first kappa shape index (κ1) is 17.6. The number of amides is 3. The Bertz CT molecular complexity index is 817. The summed E-state index contributed by atoms with van der Waals surface area (Å²) in [6.45, 7) is 5.41. The number of halogens is 1. The number of rotatable bonds is 3. The van der Waals surface area contributed by atoms with Crippen LogP contribution in [0.3, 0.4) is 0 Å². The number of benzene rings is 1. The number of hydrogen-bond donors (Lipinski definition) is 2. The Labute approximate surface area is 152 Å². The van der Waals surface area contributed by atoms with Gasteiger partial charge in [0.05, 0.1) is 0 Å². The van der Waals surface area contributed by atoms with Crippen LogP contribution in [0.25, 0.3) is 10.9 Å². The number of nitrogens with zero attached hydrogens (tertiary/aromatic N) is 2. The minimum Gasteiger partial charge on any atom is -0.358 e. The fourth-order valence-corrected chi connectivity index (χ4v) is 3.54. The molecule has 25 heavy (non-hydrogen) atoms. The average Bonchev–Trinajstić information content (AvgIpc) is 2.88. The number of aromatic amines is 1. The molecule has 0 radical (unpaired) electrons. The molecule has 3 rings (SSSR count). The Hall–Kier alpha value is -2.21. The average molecular weight is 363 g/mol. The molecule has 0 saturated carbocycles. The SMILES string of the molecule is Cc1[nH]c2ccc(Cl)cc2c1CCNC(=O)N1CCN(C)C(=O)[C@H]1C. The van der Waals surface area contributed by atoms with Crippen molar-refractivity contribution >= 4 is 34.4 Å². The standard InChI is InChI=1S/C18H23ClN4O2/c1-11-14(15-10-13(19)4-5-16(15)21-11)6-7-20-18(25)23-9-8-22(3)17(24)12(23)2/h4-5,10,12,21H,6-9H2,1-3H3,(H,20,25)/t12-/m1/s1. The van der Waals surface area contributed by atoms with Crippen LogP contribution in [0.1, 0.15) is 18.2 Å². The van der Waals surface area contributed by atoms with Crippen molar-refractivity contribution in [1.82, 2.24) is 20.1 Å². The Morgan fingerprint density at radius 1 is 1.40 bits per heavy atom. The first-order chi connectivity index (χ1) is 11.9. The number of likely N-dealkylation sites (N-methyl/N-ethyl adjacent to an activating group) is 1. The lowest BCUT2D eigenvalue weighted by atomic mass is 10.1. The Morgan fingerprint density at radius 2 is 2.16 bits per heavy atom. The monoisotopic (exact) mass is 362 g/mol. The van der Waals surface area contributed by atoms with Crippen LogP contribution < -0.4 is 5.32 Å². The third kappa shape index (κ3) is 3.44. The molecule has 134 valence electrons.